The van der Waals surface area contributed by atoms with Crippen LogP contribution in [0.2, 0.25) is 10.0 Å². The molecule has 0 radical (unpaired) electrons. The van der Waals surface area contributed by atoms with E-state index in [4.69, 9.17) is 33.7 Å². The van der Waals surface area contributed by atoms with Gasteiger partial charge in [-0.3, -0.25) is 0 Å². The Hall–Kier alpha value is -1.49. The summed E-state index contributed by atoms with van der Waals surface area (Å²) in [5, 5.41) is 4.34. The molecule has 0 amide bonds. The van der Waals surface area contributed by atoms with Crippen LogP contribution in [-0.2, 0) is 0 Å². The van der Waals surface area contributed by atoms with Gasteiger partial charge < -0.3 is 15.8 Å². The minimum Gasteiger partial charge on any atom is -0.494 e. The number of ether oxygens (including phenoxy) is 1. The van der Waals surface area contributed by atoms with Gasteiger partial charge in [0.05, 0.1) is 13.2 Å². The molecular formula is C15H15Cl2FN2O. The SMILES string of the molecule is COc1cc(NC(CN)c2cc(Cl)ccc2Cl)ccc1F. The molecule has 0 spiro atoms. The van der Waals surface area contributed by atoms with Crippen molar-refractivity contribution in [2.24, 2.45) is 5.73 Å². The van der Waals surface area contributed by atoms with Gasteiger partial charge in [-0.1, -0.05) is 23.2 Å². The van der Waals surface area contributed by atoms with Gasteiger partial charge in [-0.25, -0.2) is 4.39 Å². The molecule has 0 saturated carbocycles. The molecule has 3 nitrogen and oxygen atoms in total. The van der Waals surface area contributed by atoms with Gasteiger partial charge >= 0.3 is 0 Å². The number of hydrogen-bond donors (Lipinski definition) is 2. The van der Waals surface area contributed by atoms with Crippen LogP contribution in [0.1, 0.15) is 11.6 Å². The Bertz CT molecular complexity index is 637. The van der Waals surface area contributed by atoms with Gasteiger partial charge in [0.2, 0.25) is 0 Å². The Morgan fingerprint density at radius 3 is 2.67 bits per heavy atom. The summed E-state index contributed by atoms with van der Waals surface area (Å²) in [4.78, 5) is 0. The molecule has 21 heavy (non-hydrogen) atoms. The number of rotatable bonds is 5. The van der Waals surface area contributed by atoms with Crippen molar-refractivity contribution in [1.82, 2.24) is 0 Å². The fourth-order valence-corrected chi connectivity index (χ4v) is 2.43. The highest BCUT2D eigenvalue weighted by molar-refractivity contribution is 6.33. The molecule has 3 N–H and O–H groups in total. The summed E-state index contributed by atoms with van der Waals surface area (Å²) < 4.78 is 18.4. The predicted octanol–water partition coefficient (Wildman–Crippen LogP) is 4.25. The summed E-state index contributed by atoms with van der Waals surface area (Å²) in [6, 6.07) is 9.45. The topological polar surface area (TPSA) is 47.3 Å². The van der Waals surface area contributed by atoms with Crippen LogP contribution >= 0.6 is 23.2 Å². The molecule has 0 aliphatic carbocycles. The largest absolute Gasteiger partial charge is 0.494 e. The summed E-state index contributed by atoms with van der Waals surface area (Å²) >= 11 is 12.2. The van der Waals surface area contributed by atoms with E-state index in [2.05, 4.69) is 5.32 Å². The fraction of sp³-hybridized carbons (Fsp3) is 0.200. The summed E-state index contributed by atoms with van der Waals surface area (Å²) in [5.74, 6) is -0.263. The lowest BCUT2D eigenvalue weighted by Gasteiger charge is -2.20. The predicted molar refractivity (Wildman–Crippen MR) is 84.8 cm³/mol. The van der Waals surface area contributed by atoms with Gasteiger partial charge in [0.25, 0.3) is 0 Å². The lowest BCUT2D eigenvalue weighted by atomic mass is 10.1. The van der Waals surface area contributed by atoms with Crippen molar-refractivity contribution < 1.29 is 9.13 Å². The smallest absolute Gasteiger partial charge is 0.165 e. The van der Waals surface area contributed by atoms with Crippen molar-refractivity contribution in [3.63, 3.8) is 0 Å². The van der Waals surface area contributed by atoms with E-state index < -0.39 is 5.82 Å². The summed E-state index contributed by atoms with van der Waals surface area (Å²) in [7, 11) is 1.41. The molecule has 6 heteroatoms. The van der Waals surface area contributed by atoms with Crippen LogP contribution in [0.4, 0.5) is 10.1 Å². The van der Waals surface area contributed by atoms with E-state index in [0.717, 1.165) is 5.56 Å². The molecule has 112 valence electrons. The average molecular weight is 329 g/mol. The molecule has 2 aromatic rings. The monoisotopic (exact) mass is 328 g/mol. The molecule has 0 saturated heterocycles. The number of halogens is 3. The number of nitrogens with two attached hydrogens (primary N) is 1. The second-order valence-electron chi connectivity index (χ2n) is 4.45. The first kappa shape index (κ1) is 15.9. The van der Waals surface area contributed by atoms with E-state index in [0.29, 0.717) is 22.3 Å². The molecule has 1 atom stereocenters. The lowest BCUT2D eigenvalue weighted by molar-refractivity contribution is 0.386. The highest BCUT2D eigenvalue weighted by Crippen LogP contribution is 2.30. The van der Waals surface area contributed by atoms with Gasteiger partial charge in [0.15, 0.2) is 11.6 Å². The van der Waals surface area contributed by atoms with Crippen LogP contribution < -0.4 is 15.8 Å². The highest BCUT2D eigenvalue weighted by Gasteiger charge is 2.15. The molecule has 0 heterocycles. The van der Waals surface area contributed by atoms with Crippen molar-refractivity contribution in [3.05, 3.63) is 57.8 Å². The maximum absolute atomic E-state index is 13.4. The van der Waals surface area contributed by atoms with Crippen LogP contribution in [0.25, 0.3) is 0 Å². The van der Waals surface area contributed by atoms with Crippen LogP contribution in [0.5, 0.6) is 5.75 Å². The maximum Gasteiger partial charge on any atom is 0.165 e. The van der Waals surface area contributed by atoms with E-state index in [1.54, 1.807) is 30.3 Å². The zero-order valence-electron chi connectivity index (χ0n) is 11.4. The fourth-order valence-electron chi connectivity index (χ4n) is 2.00. The Balaban J connectivity index is 2.29. The van der Waals surface area contributed by atoms with Gasteiger partial charge in [0.1, 0.15) is 0 Å². The van der Waals surface area contributed by atoms with E-state index in [1.165, 1.54) is 13.2 Å². The molecule has 2 rings (SSSR count). The average Bonchev–Trinajstić information content (AvgIpc) is 2.49. The normalized spacial score (nSPS) is 12.0. The standard InChI is InChI=1S/C15H15Cl2FN2O/c1-21-15-7-10(3-5-13(15)18)20-14(8-19)11-6-9(16)2-4-12(11)17/h2-7,14,20H,8,19H2,1H3. The molecule has 1 unspecified atom stereocenters. The number of hydrogen-bond acceptors (Lipinski definition) is 3. The molecular weight excluding hydrogens is 314 g/mol. The second-order valence-corrected chi connectivity index (χ2v) is 5.29. The zero-order chi connectivity index (χ0) is 15.4. The molecule has 2 aromatic carbocycles. The van der Waals surface area contributed by atoms with Gasteiger partial charge in [-0.05, 0) is 35.9 Å². The van der Waals surface area contributed by atoms with Crippen LogP contribution in [0, 0.1) is 5.82 Å². The van der Waals surface area contributed by atoms with Crippen molar-refractivity contribution in [2.45, 2.75) is 6.04 Å². The molecule has 0 bridgehead atoms. The lowest BCUT2D eigenvalue weighted by Crippen LogP contribution is -2.21. The van der Waals surface area contributed by atoms with Crippen LogP contribution in [-0.4, -0.2) is 13.7 Å². The minimum absolute atomic E-state index is 0.160. The summed E-state index contributed by atoms with van der Waals surface area (Å²) in [6.45, 7) is 0.305. The van der Waals surface area contributed by atoms with Crippen molar-refractivity contribution in [2.75, 3.05) is 19.0 Å². The third-order valence-corrected chi connectivity index (χ3v) is 3.64. The Labute approximate surface area is 132 Å². The maximum atomic E-state index is 13.4. The van der Waals surface area contributed by atoms with E-state index in [9.17, 15) is 4.39 Å². The first-order valence-electron chi connectivity index (χ1n) is 6.30. The van der Waals surface area contributed by atoms with E-state index in [-0.39, 0.29) is 11.8 Å². The number of benzene rings is 2. The number of nitrogens with one attached hydrogen (secondary N) is 1. The second kappa shape index (κ2) is 6.98. The van der Waals surface area contributed by atoms with Crippen molar-refractivity contribution >= 4 is 28.9 Å². The van der Waals surface area contributed by atoms with Crippen LogP contribution in [0.3, 0.4) is 0 Å². The summed E-state index contributed by atoms with van der Waals surface area (Å²) in [5.41, 5.74) is 7.27. The number of methoxy groups -OCH3 is 1. The molecule has 0 fully saturated rings. The molecule has 0 aliphatic rings. The van der Waals surface area contributed by atoms with Crippen molar-refractivity contribution in [1.29, 1.82) is 0 Å². The number of anilines is 1. The van der Waals surface area contributed by atoms with Gasteiger partial charge in [0, 0.05) is 28.3 Å². The Kier molecular flexibility index (Phi) is 5.28. The third kappa shape index (κ3) is 3.79. The minimum atomic E-state index is -0.423. The first-order valence-corrected chi connectivity index (χ1v) is 7.06. The molecule has 0 aliphatic heterocycles. The summed E-state index contributed by atoms with van der Waals surface area (Å²) in [6.07, 6.45) is 0. The Morgan fingerprint density at radius 2 is 2.00 bits per heavy atom. The highest BCUT2D eigenvalue weighted by atomic mass is 35.5. The van der Waals surface area contributed by atoms with Crippen molar-refractivity contribution in [3.8, 4) is 5.75 Å². The van der Waals surface area contributed by atoms with Crippen LogP contribution in [0.15, 0.2) is 36.4 Å². The molecule has 0 aromatic heterocycles. The zero-order valence-corrected chi connectivity index (χ0v) is 12.9. The third-order valence-electron chi connectivity index (χ3n) is 3.06. The first-order chi connectivity index (χ1) is 10.0. The van der Waals surface area contributed by atoms with E-state index in [1.807, 2.05) is 0 Å². The van der Waals surface area contributed by atoms with Gasteiger partial charge in [-0.15, -0.1) is 0 Å². The quantitative estimate of drug-likeness (QED) is 0.862. The van der Waals surface area contributed by atoms with Gasteiger partial charge in [-0.2, -0.15) is 0 Å². The van der Waals surface area contributed by atoms with E-state index >= 15 is 0 Å². The Morgan fingerprint density at radius 1 is 1.24 bits per heavy atom.